The average molecular weight is 232 g/mol. The number of ether oxygens (including phenoxy) is 1. The highest BCUT2D eigenvalue weighted by molar-refractivity contribution is 5.91. The summed E-state index contributed by atoms with van der Waals surface area (Å²) in [5.74, 6) is 1.09. The first-order valence-corrected chi connectivity index (χ1v) is 5.84. The first-order valence-electron chi connectivity index (χ1n) is 5.84. The molecule has 0 heterocycles. The highest BCUT2D eigenvalue weighted by Gasteiger charge is 2.21. The lowest BCUT2D eigenvalue weighted by atomic mass is 9.86. The zero-order valence-electron chi connectivity index (χ0n) is 9.85. The van der Waals surface area contributed by atoms with Gasteiger partial charge in [-0.1, -0.05) is 12.1 Å². The molecule has 0 amide bonds. The van der Waals surface area contributed by atoms with Crippen LogP contribution in [-0.4, -0.2) is 17.5 Å². The zero-order chi connectivity index (χ0) is 12.3. The van der Waals surface area contributed by atoms with Crippen LogP contribution >= 0.6 is 0 Å². The fourth-order valence-electron chi connectivity index (χ4n) is 2.11. The third kappa shape index (κ3) is 2.87. The van der Waals surface area contributed by atoms with Crippen molar-refractivity contribution in [2.45, 2.75) is 25.7 Å². The van der Waals surface area contributed by atoms with Crippen molar-refractivity contribution >= 4 is 5.78 Å². The van der Waals surface area contributed by atoms with Gasteiger partial charge >= 0.3 is 0 Å². The van der Waals surface area contributed by atoms with Crippen molar-refractivity contribution in [3.05, 3.63) is 41.7 Å². The fourth-order valence-corrected chi connectivity index (χ4v) is 2.11. The van der Waals surface area contributed by atoms with E-state index >= 15 is 0 Å². The van der Waals surface area contributed by atoms with Gasteiger partial charge in [0.1, 0.15) is 5.75 Å². The van der Waals surface area contributed by atoms with E-state index in [4.69, 9.17) is 4.74 Å². The summed E-state index contributed by atoms with van der Waals surface area (Å²) in [6.45, 7) is 2.58. The summed E-state index contributed by atoms with van der Waals surface area (Å²) in [5.41, 5.74) is 1.07. The van der Waals surface area contributed by atoms with Gasteiger partial charge in [-0.3, -0.25) is 4.79 Å². The maximum absolute atomic E-state index is 11.4. The highest BCUT2D eigenvalue weighted by atomic mass is 16.5. The number of hydrogen-bond acceptors (Lipinski definition) is 3. The van der Waals surface area contributed by atoms with Crippen molar-refractivity contribution in [3.8, 4) is 5.75 Å². The molecular weight excluding hydrogens is 216 g/mol. The summed E-state index contributed by atoms with van der Waals surface area (Å²) < 4.78 is 5.36. The first kappa shape index (κ1) is 11.7. The number of benzene rings is 1. The molecular formula is C14H16O3. The number of ketones is 1. The molecule has 1 atom stereocenters. The molecule has 3 heteroatoms. The van der Waals surface area contributed by atoms with Gasteiger partial charge in [0.05, 0.1) is 12.4 Å². The molecule has 0 saturated heterocycles. The van der Waals surface area contributed by atoms with Crippen molar-refractivity contribution in [3.63, 3.8) is 0 Å². The van der Waals surface area contributed by atoms with E-state index in [0.717, 1.165) is 11.3 Å². The second-order valence-electron chi connectivity index (χ2n) is 4.21. The topological polar surface area (TPSA) is 46.5 Å². The molecule has 2 rings (SSSR count). The van der Waals surface area contributed by atoms with Gasteiger partial charge < -0.3 is 9.84 Å². The van der Waals surface area contributed by atoms with Gasteiger partial charge in [-0.2, -0.15) is 0 Å². The van der Waals surface area contributed by atoms with Gasteiger partial charge in [-0.05, 0) is 30.5 Å². The third-order valence-corrected chi connectivity index (χ3v) is 2.89. The molecule has 0 radical (unpaired) electrons. The van der Waals surface area contributed by atoms with Gasteiger partial charge in [-0.15, -0.1) is 0 Å². The van der Waals surface area contributed by atoms with Crippen LogP contribution in [0.1, 0.15) is 31.2 Å². The van der Waals surface area contributed by atoms with Gasteiger partial charge in [0.25, 0.3) is 0 Å². The molecule has 1 aromatic rings. The maximum Gasteiger partial charge on any atom is 0.159 e. The Kier molecular flexibility index (Phi) is 3.47. The smallest absolute Gasteiger partial charge is 0.159 e. The molecule has 17 heavy (non-hydrogen) atoms. The van der Waals surface area contributed by atoms with Gasteiger partial charge in [0.2, 0.25) is 0 Å². The Labute approximate surface area is 101 Å². The lowest BCUT2D eigenvalue weighted by Gasteiger charge is -2.19. The van der Waals surface area contributed by atoms with Crippen molar-refractivity contribution in [1.29, 1.82) is 0 Å². The van der Waals surface area contributed by atoms with E-state index in [1.165, 1.54) is 6.08 Å². The number of aliphatic hydroxyl groups excluding tert-OH is 1. The lowest BCUT2D eigenvalue weighted by Crippen LogP contribution is -2.12. The number of hydrogen-bond donors (Lipinski definition) is 1. The number of carbonyl (C=O) groups is 1. The van der Waals surface area contributed by atoms with E-state index in [-0.39, 0.29) is 17.5 Å². The Morgan fingerprint density at radius 3 is 2.59 bits per heavy atom. The van der Waals surface area contributed by atoms with Crippen molar-refractivity contribution < 1.29 is 14.6 Å². The number of allylic oxidation sites excluding steroid dienone is 2. The Morgan fingerprint density at radius 2 is 2.00 bits per heavy atom. The summed E-state index contributed by atoms with van der Waals surface area (Å²) in [6, 6.07) is 7.72. The molecule has 3 nitrogen and oxygen atoms in total. The number of carbonyl (C=O) groups excluding carboxylic acids is 1. The van der Waals surface area contributed by atoms with Crippen molar-refractivity contribution in [1.82, 2.24) is 0 Å². The molecule has 1 aliphatic rings. The molecule has 0 bridgehead atoms. The standard InChI is InChI=1S/C14H16O3/c1-2-17-14-5-3-10(4-6-14)11-7-12(15)9-13(16)8-11/h3-6,9,11,15H,2,7-8H2,1H3. The Bertz CT molecular complexity index is 431. The van der Waals surface area contributed by atoms with E-state index in [1.807, 2.05) is 31.2 Å². The molecule has 1 unspecified atom stereocenters. The quantitative estimate of drug-likeness (QED) is 0.871. The van der Waals surface area contributed by atoms with Crippen LogP contribution in [0.3, 0.4) is 0 Å². The molecule has 1 aromatic carbocycles. The molecule has 0 aliphatic heterocycles. The van der Waals surface area contributed by atoms with Crippen LogP contribution in [0.25, 0.3) is 0 Å². The summed E-state index contributed by atoms with van der Waals surface area (Å²) in [6.07, 6.45) is 2.34. The molecule has 1 N–H and O–H groups in total. The Hall–Kier alpha value is -1.77. The molecule has 0 spiro atoms. The molecule has 0 saturated carbocycles. The summed E-state index contributed by atoms with van der Waals surface area (Å²) in [7, 11) is 0. The fraction of sp³-hybridized carbons (Fsp3) is 0.357. The van der Waals surface area contributed by atoms with E-state index in [1.54, 1.807) is 0 Å². The third-order valence-electron chi connectivity index (χ3n) is 2.89. The number of aliphatic hydroxyl groups is 1. The average Bonchev–Trinajstić information content (AvgIpc) is 2.29. The Morgan fingerprint density at radius 1 is 1.29 bits per heavy atom. The van der Waals surface area contributed by atoms with Crippen molar-refractivity contribution in [2.24, 2.45) is 0 Å². The zero-order valence-corrected chi connectivity index (χ0v) is 9.85. The molecule has 90 valence electrons. The van der Waals surface area contributed by atoms with Crippen LogP contribution in [0.5, 0.6) is 5.75 Å². The lowest BCUT2D eigenvalue weighted by molar-refractivity contribution is -0.115. The second kappa shape index (κ2) is 5.04. The predicted molar refractivity (Wildman–Crippen MR) is 65.3 cm³/mol. The summed E-state index contributed by atoms with van der Waals surface area (Å²) in [4.78, 5) is 11.4. The van der Waals surface area contributed by atoms with E-state index in [0.29, 0.717) is 19.4 Å². The van der Waals surface area contributed by atoms with E-state index < -0.39 is 0 Å². The normalized spacial score (nSPS) is 19.9. The highest BCUT2D eigenvalue weighted by Crippen LogP contribution is 2.31. The molecule has 1 aliphatic carbocycles. The van der Waals surface area contributed by atoms with Crippen LogP contribution in [-0.2, 0) is 4.79 Å². The minimum Gasteiger partial charge on any atom is -0.512 e. The predicted octanol–water partition coefficient (Wildman–Crippen LogP) is 2.97. The first-order chi connectivity index (χ1) is 8.19. The van der Waals surface area contributed by atoms with Crippen LogP contribution in [0.4, 0.5) is 0 Å². The minimum atomic E-state index is -0.00682. The van der Waals surface area contributed by atoms with Gasteiger partial charge in [-0.25, -0.2) is 0 Å². The Balaban J connectivity index is 2.12. The summed E-state index contributed by atoms with van der Waals surface area (Å²) >= 11 is 0. The van der Waals surface area contributed by atoms with Crippen molar-refractivity contribution in [2.75, 3.05) is 6.61 Å². The van der Waals surface area contributed by atoms with Gasteiger partial charge in [0, 0.05) is 18.9 Å². The largest absolute Gasteiger partial charge is 0.512 e. The van der Waals surface area contributed by atoms with Crippen LogP contribution < -0.4 is 4.74 Å². The van der Waals surface area contributed by atoms with Gasteiger partial charge in [0.15, 0.2) is 5.78 Å². The van der Waals surface area contributed by atoms with E-state index in [9.17, 15) is 9.90 Å². The molecule has 0 fully saturated rings. The van der Waals surface area contributed by atoms with Crippen LogP contribution in [0.2, 0.25) is 0 Å². The minimum absolute atomic E-state index is 0.00682. The monoisotopic (exact) mass is 232 g/mol. The number of rotatable bonds is 3. The molecule has 0 aromatic heterocycles. The van der Waals surface area contributed by atoms with Crippen LogP contribution in [0, 0.1) is 0 Å². The summed E-state index contributed by atoms with van der Waals surface area (Å²) in [5, 5.41) is 9.47. The van der Waals surface area contributed by atoms with E-state index in [2.05, 4.69) is 0 Å². The maximum atomic E-state index is 11.4. The van der Waals surface area contributed by atoms with Crippen LogP contribution in [0.15, 0.2) is 36.1 Å². The second-order valence-corrected chi connectivity index (χ2v) is 4.21. The SMILES string of the molecule is CCOc1ccc(C2CC(=O)C=C(O)C2)cc1.